The van der Waals surface area contributed by atoms with Crippen LogP contribution in [0.4, 0.5) is 4.79 Å². The Balaban J connectivity index is 1.77. The Morgan fingerprint density at radius 1 is 1.31 bits per heavy atom. The molecule has 26 heavy (non-hydrogen) atoms. The number of piperidine rings is 1. The summed E-state index contributed by atoms with van der Waals surface area (Å²) < 4.78 is 10.9. The third-order valence-electron chi connectivity index (χ3n) is 4.91. The van der Waals surface area contributed by atoms with E-state index in [0.717, 1.165) is 29.7 Å². The number of methoxy groups -OCH3 is 1. The standard InChI is InChI=1S/C20H29N3O3/c1-20(2,3)26-19(24)23-7-5-13(6-8-23)16-12-22-17-10-15(25-4)9-14(11-21)18(16)17/h9-10,12-13,22H,5-8,11,21H2,1-4H3. The van der Waals surface area contributed by atoms with Gasteiger partial charge in [0.2, 0.25) is 0 Å². The van der Waals surface area contributed by atoms with Gasteiger partial charge in [-0.3, -0.25) is 0 Å². The predicted molar refractivity (Wildman–Crippen MR) is 103 cm³/mol. The van der Waals surface area contributed by atoms with E-state index in [1.165, 1.54) is 10.9 Å². The molecule has 0 saturated carbocycles. The third-order valence-corrected chi connectivity index (χ3v) is 4.91. The van der Waals surface area contributed by atoms with Crippen LogP contribution in [-0.2, 0) is 11.3 Å². The average molecular weight is 359 g/mol. The van der Waals surface area contributed by atoms with E-state index in [2.05, 4.69) is 11.2 Å². The highest BCUT2D eigenvalue weighted by molar-refractivity contribution is 5.88. The molecule has 1 amide bonds. The molecule has 0 atom stereocenters. The number of fused-ring (bicyclic) bond motifs is 1. The van der Waals surface area contributed by atoms with Crippen LogP contribution in [-0.4, -0.2) is 41.8 Å². The van der Waals surface area contributed by atoms with Gasteiger partial charge in [-0.05, 0) is 56.7 Å². The SMILES string of the molecule is COc1cc(CN)c2c(C3CCN(C(=O)OC(C)(C)C)CC3)c[nH]c2c1. The first-order chi connectivity index (χ1) is 12.3. The lowest BCUT2D eigenvalue weighted by Crippen LogP contribution is -2.41. The number of carbonyl (C=O) groups is 1. The third kappa shape index (κ3) is 3.80. The first kappa shape index (κ1) is 18.6. The molecule has 1 aliphatic rings. The maximum atomic E-state index is 12.3. The van der Waals surface area contributed by atoms with Crippen molar-refractivity contribution in [1.29, 1.82) is 0 Å². The van der Waals surface area contributed by atoms with Gasteiger partial charge in [-0.25, -0.2) is 4.79 Å². The lowest BCUT2D eigenvalue weighted by molar-refractivity contribution is 0.0205. The fraction of sp³-hybridized carbons (Fsp3) is 0.550. The van der Waals surface area contributed by atoms with E-state index in [9.17, 15) is 4.79 Å². The Labute approximate surface area is 154 Å². The molecule has 3 N–H and O–H groups in total. The largest absolute Gasteiger partial charge is 0.497 e. The molecular formula is C20H29N3O3. The number of hydrogen-bond donors (Lipinski definition) is 2. The summed E-state index contributed by atoms with van der Waals surface area (Å²) in [4.78, 5) is 17.4. The maximum Gasteiger partial charge on any atom is 0.410 e. The summed E-state index contributed by atoms with van der Waals surface area (Å²) in [6.45, 7) is 7.57. The van der Waals surface area contributed by atoms with Gasteiger partial charge >= 0.3 is 6.09 Å². The summed E-state index contributed by atoms with van der Waals surface area (Å²) in [7, 11) is 1.66. The van der Waals surface area contributed by atoms with Crippen molar-refractivity contribution >= 4 is 17.0 Å². The van der Waals surface area contributed by atoms with Crippen LogP contribution in [0, 0.1) is 0 Å². The number of amides is 1. The van der Waals surface area contributed by atoms with E-state index in [1.807, 2.05) is 37.8 Å². The zero-order valence-corrected chi connectivity index (χ0v) is 16.1. The zero-order valence-electron chi connectivity index (χ0n) is 16.1. The molecule has 1 aromatic carbocycles. The first-order valence-electron chi connectivity index (χ1n) is 9.18. The van der Waals surface area contributed by atoms with Gasteiger partial charge in [0.25, 0.3) is 0 Å². The quantitative estimate of drug-likeness (QED) is 0.874. The maximum absolute atomic E-state index is 12.3. The average Bonchev–Trinajstić information content (AvgIpc) is 3.03. The van der Waals surface area contributed by atoms with Crippen molar-refractivity contribution in [2.75, 3.05) is 20.2 Å². The second-order valence-electron chi connectivity index (χ2n) is 7.90. The van der Waals surface area contributed by atoms with Crippen LogP contribution >= 0.6 is 0 Å². The lowest BCUT2D eigenvalue weighted by atomic mass is 9.88. The number of carbonyl (C=O) groups excluding carboxylic acids is 1. The fourth-order valence-electron chi connectivity index (χ4n) is 3.66. The molecule has 0 aliphatic carbocycles. The normalized spacial score (nSPS) is 16.1. The summed E-state index contributed by atoms with van der Waals surface area (Å²) in [6.07, 6.45) is 3.70. The minimum atomic E-state index is -0.458. The van der Waals surface area contributed by atoms with Crippen LogP contribution in [0.1, 0.15) is 50.7 Å². The number of likely N-dealkylation sites (tertiary alicyclic amines) is 1. The van der Waals surface area contributed by atoms with Crippen molar-refractivity contribution in [2.45, 2.75) is 51.7 Å². The summed E-state index contributed by atoms with van der Waals surface area (Å²) in [6, 6.07) is 4.02. The summed E-state index contributed by atoms with van der Waals surface area (Å²) in [5.41, 5.74) is 8.94. The van der Waals surface area contributed by atoms with E-state index in [4.69, 9.17) is 15.2 Å². The topological polar surface area (TPSA) is 80.6 Å². The molecule has 0 radical (unpaired) electrons. The number of hydrogen-bond acceptors (Lipinski definition) is 4. The van der Waals surface area contributed by atoms with Crippen LogP contribution in [0.2, 0.25) is 0 Å². The van der Waals surface area contributed by atoms with Crippen molar-refractivity contribution in [3.63, 3.8) is 0 Å². The number of benzene rings is 1. The highest BCUT2D eigenvalue weighted by Crippen LogP contribution is 2.36. The van der Waals surface area contributed by atoms with Crippen molar-refractivity contribution in [1.82, 2.24) is 9.88 Å². The van der Waals surface area contributed by atoms with E-state index in [-0.39, 0.29) is 6.09 Å². The Morgan fingerprint density at radius 3 is 2.58 bits per heavy atom. The van der Waals surface area contributed by atoms with Gasteiger partial charge in [0.05, 0.1) is 7.11 Å². The summed E-state index contributed by atoms with van der Waals surface area (Å²) in [5.74, 6) is 1.22. The van der Waals surface area contributed by atoms with Crippen molar-refractivity contribution in [2.24, 2.45) is 5.73 Å². The van der Waals surface area contributed by atoms with Gasteiger partial charge in [-0.1, -0.05) is 0 Å². The van der Waals surface area contributed by atoms with E-state index >= 15 is 0 Å². The molecule has 1 aliphatic heterocycles. The molecule has 2 heterocycles. The van der Waals surface area contributed by atoms with Gasteiger partial charge in [0.15, 0.2) is 0 Å². The number of H-pyrrole nitrogens is 1. The number of nitrogens with zero attached hydrogens (tertiary/aromatic N) is 1. The summed E-state index contributed by atoms with van der Waals surface area (Å²) in [5, 5.41) is 1.20. The lowest BCUT2D eigenvalue weighted by Gasteiger charge is -2.33. The second-order valence-corrected chi connectivity index (χ2v) is 7.90. The Kier molecular flexibility index (Phi) is 5.14. The van der Waals surface area contributed by atoms with Crippen molar-refractivity contribution < 1.29 is 14.3 Å². The van der Waals surface area contributed by atoms with Crippen LogP contribution < -0.4 is 10.5 Å². The number of nitrogens with one attached hydrogen (secondary N) is 1. The molecule has 0 bridgehead atoms. The molecule has 0 unspecified atom stereocenters. The Hall–Kier alpha value is -2.21. The number of nitrogens with two attached hydrogens (primary N) is 1. The van der Waals surface area contributed by atoms with Gasteiger partial charge in [-0.2, -0.15) is 0 Å². The van der Waals surface area contributed by atoms with E-state index < -0.39 is 5.60 Å². The smallest absolute Gasteiger partial charge is 0.410 e. The number of aromatic amines is 1. The Morgan fingerprint density at radius 2 is 2.00 bits per heavy atom. The molecule has 2 aromatic rings. The zero-order chi connectivity index (χ0) is 18.9. The van der Waals surface area contributed by atoms with E-state index in [1.54, 1.807) is 7.11 Å². The molecule has 1 fully saturated rings. The van der Waals surface area contributed by atoms with Crippen molar-refractivity contribution in [3.05, 3.63) is 29.5 Å². The van der Waals surface area contributed by atoms with Crippen LogP contribution in [0.15, 0.2) is 18.3 Å². The molecular weight excluding hydrogens is 330 g/mol. The van der Waals surface area contributed by atoms with Gasteiger partial charge < -0.3 is 25.1 Å². The number of aromatic nitrogens is 1. The number of ether oxygens (including phenoxy) is 2. The molecule has 3 rings (SSSR count). The highest BCUT2D eigenvalue weighted by Gasteiger charge is 2.29. The first-order valence-corrected chi connectivity index (χ1v) is 9.18. The van der Waals surface area contributed by atoms with E-state index in [0.29, 0.717) is 25.6 Å². The number of rotatable bonds is 3. The van der Waals surface area contributed by atoms with Gasteiger partial charge in [-0.15, -0.1) is 0 Å². The second kappa shape index (κ2) is 7.19. The molecule has 142 valence electrons. The minimum absolute atomic E-state index is 0.220. The van der Waals surface area contributed by atoms with Crippen molar-refractivity contribution in [3.8, 4) is 5.75 Å². The Bertz CT molecular complexity index is 783. The van der Waals surface area contributed by atoms with Crippen LogP contribution in [0.3, 0.4) is 0 Å². The molecule has 6 heteroatoms. The summed E-state index contributed by atoms with van der Waals surface area (Å²) >= 11 is 0. The molecule has 1 saturated heterocycles. The monoisotopic (exact) mass is 359 g/mol. The van der Waals surface area contributed by atoms with Crippen LogP contribution in [0.25, 0.3) is 10.9 Å². The highest BCUT2D eigenvalue weighted by atomic mass is 16.6. The van der Waals surface area contributed by atoms with Gasteiger partial charge in [0, 0.05) is 42.8 Å². The minimum Gasteiger partial charge on any atom is -0.497 e. The molecule has 6 nitrogen and oxygen atoms in total. The molecule has 0 spiro atoms. The molecule has 1 aromatic heterocycles. The predicted octanol–water partition coefficient (Wildman–Crippen LogP) is 3.75. The fourth-order valence-corrected chi connectivity index (χ4v) is 3.66. The van der Waals surface area contributed by atoms with Crippen LogP contribution in [0.5, 0.6) is 5.75 Å². The van der Waals surface area contributed by atoms with Gasteiger partial charge in [0.1, 0.15) is 11.4 Å².